The number of benzene rings is 2. The molecule has 0 radical (unpaired) electrons. The van der Waals surface area contributed by atoms with Crippen LogP contribution in [0.2, 0.25) is 10.0 Å². The van der Waals surface area contributed by atoms with Crippen LogP contribution in [0.3, 0.4) is 0 Å². The number of halogens is 2. The Morgan fingerprint density at radius 2 is 0.941 bits per heavy atom. The van der Waals surface area contributed by atoms with Crippen molar-refractivity contribution >= 4 is 44.8 Å². The van der Waals surface area contributed by atoms with E-state index in [1.807, 2.05) is 0 Å². The fourth-order valence-corrected chi connectivity index (χ4v) is 4.26. The van der Waals surface area contributed by atoms with E-state index in [1.165, 1.54) is 24.3 Å². The number of hydrogen-bond donors (Lipinski definition) is 0. The molecular formula is C12H8Cl2O2Se. The van der Waals surface area contributed by atoms with E-state index in [4.69, 9.17) is 23.2 Å². The summed E-state index contributed by atoms with van der Waals surface area (Å²) < 4.78 is 25.1. The molecule has 0 saturated carbocycles. The standard InChI is InChI=1S/C12H8Cl2O2Se/c13-9-1-5-11(6-2-9)17(15,16)12-7-3-10(14)4-8-12/h1-8H. The van der Waals surface area contributed by atoms with Gasteiger partial charge in [0, 0.05) is 0 Å². The molecule has 0 aromatic heterocycles. The second-order valence-corrected chi connectivity index (χ2v) is 8.37. The Balaban J connectivity index is 2.50. The van der Waals surface area contributed by atoms with Crippen molar-refractivity contribution in [1.82, 2.24) is 0 Å². The molecule has 0 aliphatic rings. The van der Waals surface area contributed by atoms with Gasteiger partial charge in [0.2, 0.25) is 0 Å². The van der Waals surface area contributed by atoms with Crippen LogP contribution in [0.1, 0.15) is 0 Å². The van der Waals surface area contributed by atoms with Gasteiger partial charge in [-0.2, -0.15) is 0 Å². The van der Waals surface area contributed by atoms with Gasteiger partial charge in [-0.3, -0.25) is 0 Å². The summed E-state index contributed by atoms with van der Waals surface area (Å²) >= 11 is 7.13. The maximum absolute atomic E-state index is 12.2. The summed E-state index contributed by atoms with van der Waals surface area (Å²) in [5.41, 5.74) is 0. The monoisotopic (exact) mass is 334 g/mol. The molecular weight excluding hydrogens is 326 g/mol. The van der Waals surface area contributed by atoms with Crippen LogP contribution in [0.5, 0.6) is 0 Å². The van der Waals surface area contributed by atoms with Gasteiger partial charge >= 0.3 is 111 Å². The molecule has 0 heterocycles. The van der Waals surface area contributed by atoms with Crippen LogP contribution in [-0.4, -0.2) is 12.7 Å². The van der Waals surface area contributed by atoms with Crippen molar-refractivity contribution in [3.05, 3.63) is 58.6 Å². The first-order chi connectivity index (χ1) is 8.00. The summed E-state index contributed by atoms with van der Waals surface area (Å²) in [4.78, 5) is 0. The van der Waals surface area contributed by atoms with Crippen LogP contribution in [0.25, 0.3) is 0 Å². The van der Waals surface area contributed by atoms with E-state index in [1.54, 1.807) is 24.3 Å². The van der Waals surface area contributed by atoms with Crippen LogP contribution in [-0.2, 0) is 7.67 Å². The van der Waals surface area contributed by atoms with E-state index in [-0.39, 0.29) is 8.92 Å². The van der Waals surface area contributed by atoms with Gasteiger partial charge in [-0.15, -0.1) is 0 Å². The van der Waals surface area contributed by atoms with Crippen LogP contribution in [0.4, 0.5) is 0 Å². The minimum atomic E-state index is -4.32. The van der Waals surface area contributed by atoms with E-state index < -0.39 is 12.7 Å². The van der Waals surface area contributed by atoms with Gasteiger partial charge in [-0.25, -0.2) is 0 Å². The molecule has 0 amide bonds. The first-order valence-electron chi connectivity index (χ1n) is 4.76. The molecule has 0 bridgehead atoms. The molecule has 2 nitrogen and oxygen atoms in total. The van der Waals surface area contributed by atoms with Crippen LogP contribution >= 0.6 is 23.2 Å². The van der Waals surface area contributed by atoms with Crippen molar-refractivity contribution in [1.29, 1.82) is 0 Å². The molecule has 0 atom stereocenters. The molecule has 0 unspecified atom stereocenters. The van der Waals surface area contributed by atoms with Gasteiger partial charge < -0.3 is 0 Å². The normalized spacial score (nSPS) is 11.4. The molecule has 0 aliphatic heterocycles. The first kappa shape index (κ1) is 12.6. The number of hydrogen-bond acceptors (Lipinski definition) is 2. The van der Waals surface area contributed by atoms with Crippen molar-refractivity contribution in [2.24, 2.45) is 0 Å². The van der Waals surface area contributed by atoms with E-state index in [0.29, 0.717) is 10.0 Å². The molecule has 0 spiro atoms. The van der Waals surface area contributed by atoms with Crippen molar-refractivity contribution in [2.45, 2.75) is 0 Å². The molecule has 0 saturated heterocycles. The molecule has 2 aromatic carbocycles. The molecule has 0 fully saturated rings. The third-order valence-electron chi connectivity index (χ3n) is 2.25. The Bertz CT molecular complexity index is 565. The zero-order valence-corrected chi connectivity index (χ0v) is 11.8. The fraction of sp³-hybridized carbons (Fsp3) is 0. The Kier molecular flexibility index (Phi) is 3.55. The molecule has 17 heavy (non-hydrogen) atoms. The Labute approximate surface area is 111 Å². The molecule has 2 aromatic rings. The topological polar surface area (TPSA) is 34.1 Å². The average molecular weight is 334 g/mol. The van der Waals surface area contributed by atoms with Crippen molar-refractivity contribution in [3.63, 3.8) is 0 Å². The first-order valence-corrected chi connectivity index (χ1v) is 8.63. The van der Waals surface area contributed by atoms with Gasteiger partial charge in [-0.1, -0.05) is 0 Å². The third-order valence-corrected chi connectivity index (χ3v) is 6.50. The second kappa shape index (κ2) is 4.79. The van der Waals surface area contributed by atoms with Crippen molar-refractivity contribution in [2.75, 3.05) is 0 Å². The SMILES string of the molecule is O=[Se](=O)(c1ccc(Cl)cc1)c1ccc(Cl)cc1. The summed E-state index contributed by atoms with van der Waals surface area (Å²) in [6.45, 7) is 0. The van der Waals surface area contributed by atoms with E-state index >= 15 is 0 Å². The summed E-state index contributed by atoms with van der Waals surface area (Å²) in [7, 11) is 0. The zero-order chi connectivity index (χ0) is 12.5. The molecule has 88 valence electrons. The van der Waals surface area contributed by atoms with Gasteiger partial charge in [0.15, 0.2) is 0 Å². The average Bonchev–Trinajstić information content (AvgIpc) is 2.30. The predicted octanol–water partition coefficient (Wildman–Crippen LogP) is 2.41. The summed E-state index contributed by atoms with van der Waals surface area (Å²) in [5.74, 6) is 0. The molecule has 0 aliphatic carbocycles. The van der Waals surface area contributed by atoms with E-state index in [0.717, 1.165) is 0 Å². The van der Waals surface area contributed by atoms with Crippen LogP contribution in [0, 0.1) is 0 Å². The quantitative estimate of drug-likeness (QED) is 0.791. The second-order valence-electron chi connectivity index (χ2n) is 3.41. The number of rotatable bonds is 2. The maximum atomic E-state index is 12.2. The molecule has 2 rings (SSSR count). The summed E-state index contributed by atoms with van der Waals surface area (Å²) in [5, 5.41) is 1.02. The Hall–Kier alpha value is -0.861. The van der Waals surface area contributed by atoms with Gasteiger partial charge in [0.05, 0.1) is 0 Å². The van der Waals surface area contributed by atoms with Gasteiger partial charge in [-0.05, 0) is 0 Å². The van der Waals surface area contributed by atoms with Crippen molar-refractivity contribution < 1.29 is 7.67 Å². The molecule has 0 N–H and O–H groups in total. The van der Waals surface area contributed by atoms with Crippen LogP contribution < -0.4 is 8.92 Å². The fourth-order valence-electron chi connectivity index (χ4n) is 1.36. The summed E-state index contributed by atoms with van der Waals surface area (Å²) in [6, 6.07) is 12.3. The molecule has 5 heteroatoms. The van der Waals surface area contributed by atoms with E-state index in [9.17, 15) is 7.67 Å². The van der Waals surface area contributed by atoms with Crippen LogP contribution in [0.15, 0.2) is 48.5 Å². The summed E-state index contributed by atoms with van der Waals surface area (Å²) in [6.07, 6.45) is 0. The third kappa shape index (κ3) is 2.70. The van der Waals surface area contributed by atoms with E-state index in [2.05, 4.69) is 0 Å². The Morgan fingerprint density at radius 1 is 0.647 bits per heavy atom. The Morgan fingerprint density at radius 3 is 1.24 bits per heavy atom. The minimum absolute atomic E-state index is 0.285. The van der Waals surface area contributed by atoms with Gasteiger partial charge in [0.25, 0.3) is 0 Å². The predicted molar refractivity (Wildman–Crippen MR) is 69.3 cm³/mol. The zero-order valence-electron chi connectivity index (χ0n) is 8.60. The van der Waals surface area contributed by atoms with Gasteiger partial charge in [0.1, 0.15) is 0 Å². The van der Waals surface area contributed by atoms with Crippen molar-refractivity contribution in [3.8, 4) is 0 Å².